The monoisotopic (exact) mass is 346 g/mol. The maximum absolute atomic E-state index is 2.42. The first-order chi connectivity index (χ1) is 13.3. The van der Waals surface area contributed by atoms with Gasteiger partial charge in [0.2, 0.25) is 0 Å². The average Bonchev–Trinajstić information content (AvgIpc) is 2.84. The molecule has 130 valence electrons. The second-order valence-electron chi connectivity index (χ2n) is 7.43. The Kier molecular flexibility index (Phi) is 3.72. The topological polar surface area (TPSA) is 0 Å². The van der Waals surface area contributed by atoms with Crippen molar-refractivity contribution in [1.82, 2.24) is 0 Å². The van der Waals surface area contributed by atoms with Crippen LogP contribution in [-0.4, -0.2) is 0 Å². The lowest BCUT2D eigenvalue weighted by molar-refractivity contribution is 0.751. The van der Waals surface area contributed by atoms with Crippen molar-refractivity contribution in [3.8, 4) is 11.1 Å². The van der Waals surface area contributed by atoms with Crippen LogP contribution in [0.1, 0.15) is 23.6 Å². The number of hydrogen-bond acceptors (Lipinski definition) is 0. The summed E-state index contributed by atoms with van der Waals surface area (Å²) in [6.07, 6.45) is 11.3. The van der Waals surface area contributed by atoms with Gasteiger partial charge in [-0.2, -0.15) is 0 Å². The molecule has 0 saturated carbocycles. The van der Waals surface area contributed by atoms with E-state index in [4.69, 9.17) is 0 Å². The van der Waals surface area contributed by atoms with Gasteiger partial charge in [0.05, 0.1) is 5.41 Å². The van der Waals surface area contributed by atoms with Gasteiger partial charge in [0, 0.05) is 0 Å². The minimum Gasteiger partial charge on any atom is -0.0779 e. The number of rotatable bonds is 2. The molecular weight excluding hydrogens is 324 g/mol. The lowest BCUT2D eigenvalue weighted by Gasteiger charge is -2.35. The van der Waals surface area contributed by atoms with Gasteiger partial charge in [-0.25, -0.2) is 0 Å². The van der Waals surface area contributed by atoms with Gasteiger partial charge in [-0.15, -0.1) is 0 Å². The molecule has 5 rings (SSSR count). The maximum atomic E-state index is 2.42. The first-order valence-corrected chi connectivity index (χ1v) is 9.64. The zero-order chi connectivity index (χ0) is 18.3. The summed E-state index contributed by atoms with van der Waals surface area (Å²) in [6.45, 7) is 2.26. The van der Waals surface area contributed by atoms with E-state index in [1.165, 1.54) is 33.4 Å². The Morgan fingerprint density at radius 3 is 1.93 bits per heavy atom. The molecule has 0 amide bonds. The van der Waals surface area contributed by atoms with Gasteiger partial charge in [0.1, 0.15) is 0 Å². The molecule has 0 radical (unpaired) electrons. The molecule has 3 aromatic rings. The van der Waals surface area contributed by atoms with E-state index in [0.29, 0.717) is 5.92 Å². The molecule has 0 nitrogen and oxygen atoms in total. The zero-order valence-corrected chi connectivity index (χ0v) is 15.5. The number of hydrogen-bond donors (Lipinski definition) is 0. The quantitative estimate of drug-likeness (QED) is 0.485. The second kappa shape index (κ2) is 6.25. The number of fused-ring (bicyclic) bond motifs is 3. The molecule has 0 heterocycles. The van der Waals surface area contributed by atoms with Crippen molar-refractivity contribution in [2.24, 2.45) is 5.92 Å². The Hall–Kier alpha value is -3.12. The first-order valence-electron chi connectivity index (χ1n) is 9.64. The summed E-state index contributed by atoms with van der Waals surface area (Å²) in [4.78, 5) is 0. The first kappa shape index (κ1) is 16.1. The van der Waals surface area contributed by atoms with Crippen LogP contribution in [0.3, 0.4) is 0 Å². The van der Waals surface area contributed by atoms with Crippen LogP contribution < -0.4 is 0 Å². The fraction of sp³-hybridized carbons (Fsp3) is 0.111. The Labute approximate surface area is 161 Å². The lowest BCUT2D eigenvalue weighted by atomic mass is 9.66. The van der Waals surface area contributed by atoms with Gasteiger partial charge in [0.25, 0.3) is 0 Å². The predicted octanol–water partition coefficient (Wildman–Crippen LogP) is 6.69. The van der Waals surface area contributed by atoms with Crippen LogP contribution in [0, 0.1) is 5.92 Å². The SMILES string of the molecule is C[C@@H]1C=CC=CC(C2(c3ccccc3)c3ccccc3-c3ccccc32)=C1. The maximum Gasteiger partial charge on any atom is 0.0710 e. The van der Waals surface area contributed by atoms with Gasteiger partial charge in [-0.3, -0.25) is 0 Å². The smallest absolute Gasteiger partial charge is 0.0710 e. The van der Waals surface area contributed by atoms with E-state index in [1.54, 1.807) is 0 Å². The third kappa shape index (κ3) is 2.30. The summed E-state index contributed by atoms with van der Waals surface area (Å²) in [5.41, 5.74) is 7.85. The van der Waals surface area contributed by atoms with Crippen LogP contribution in [0.25, 0.3) is 11.1 Å². The van der Waals surface area contributed by atoms with E-state index in [1.807, 2.05) is 0 Å². The molecule has 0 aliphatic heterocycles. The number of benzene rings is 3. The van der Waals surface area contributed by atoms with Gasteiger partial charge in [0.15, 0.2) is 0 Å². The highest BCUT2D eigenvalue weighted by Crippen LogP contribution is 2.56. The fourth-order valence-electron chi connectivity index (χ4n) is 4.75. The molecule has 2 aliphatic rings. The van der Waals surface area contributed by atoms with Crippen molar-refractivity contribution in [2.75, 3.05) is 0 Å². The van der Waals surface area contributed by atoms with Crippen LogP contribution in [0.15, 0.2) is 115 Å². The van der Waals surface area contributed by atoms with Gasteiger partial charge in [-0.1, -0.05) is 116 Å². The summed E-state index contributed by atoms with van der Waals surface area (Å²) in [6, 6.07) is 28.8. The Morgan fingerprint density at radius 1 is 0.667 bits per heavy atom. The molecule has 0 fully saturated rings. The molecule has 0 heteroatoms. The van der Waals surface area contributed by atoms with Crippen molar-refractivity contribution in [2.45, 2.75) is 12.3 Å². The third-order valence-corrected chi connectivity index (χ3v) is 5.84. The largest absolute Gasteiger partial charge is 0.0779 e. The molecule has 0 bridgehead atoms. The summed E-state index contributed by atoms with van der Waals surface area (Å²) in [7, 11) is 0. The highest BCUT2D eigenvalue weighted by atomic mass is 14.5. The molecule has 2 aliphatic carbocycles. The van der Waals surface area contributed by atoms with Crippen LogP contribution >= 0.6 is 0 Å². The van der Waals surface area contributed by atoms with Crippen molar-refractivity contribution in [1.29, 1.82) is 0 Å². The zero-order valence-electron chi connectivity index (χ0n) is 15.5. The Bertz CT molecular complexity index is 1030. The summed E-state index contributed by atoms with van der Waals surface area (Å²) in [5.74, 6) is 0.399. The molecule has 27 heavy (non-hydrogen) atoms. The van der Waals surface area contributed by atoms with E-state index in [2.05, 4.69) is 116 Å². The highest BCUT2D eigenvalue weighted by Gasteiger charge is 2.46. The Balaban J connectivity index is 1.93. The van der Waals surface area contributed by atoms with Crippen molar-refractivity contribution in [3.63, 3.8) is 0 Å². The molecule has 1 atom stereocenters. The molecule has 0 aromatic heterocycles. The minimum absolute atomic E-state index is 0.273. The van der Waals surface area contributed by atoms with E-state index in [-0.39, 0.29) is 5.41 Å². The van der Waals surface area contributed by atoms with Crippen molar-refractivity contribution in [3.05, 3.63) is 132 Å². The molecular formula is C27H22. The third-order valence-electron chi connectivity index (χ3n) is 5.84. The standard InChI is InChI=1S/C27H22/c1-20-11-5-6-14-22(19-20)27(21-12-3-2-4-13-21)25-17-9-7-15-23(25)24-16-8-10-18-26(24)27/h2-20H,1H3/t20-/m1/s1. The molecule has 0 spiro atoms. The van der Waals surface area contributed by atoms with E-state index < -0.39 is 0 Å². The summed E-state index contributed by atoms with van der Waals surface area (Å²) >= 11 is 0. The summed E-state index contributed by atoms with van der Waals surface area (Å²) in [5, 5.41) is 0. The molecule has 0 unspecified atom stereocenters. The van der Waals surface area contributed by atoms with Crippen LogP contribution in [0.2, 0.25) is 0 Å². The van der Waals surface area contributed by atoms with Gasteiger partial charge < -0.3 is 0 Å². The van der Waals surface area contributed by atoms with E-state index in [0.717, 1.165) is 0 Å². The van der Waals surface area contributed by atoms with Crippen LogP contribution in [0.5, 0.6) is 0 Å². The van der Waals surface area contributed by atoms with Crippen molar-refractivity contribution < 1.29 is 0 Å². The van der Waals surface area contributed by atoms with Gasteiger partial charge >= 0.3 is 0 Å². The predicted molar refractivity (Wildman–Crippen MR) is 114 cm³/mol. The van der Waals surface area contributed by atoms with Crippen LogP contribution in [-0.2, 0) is 5.41 Å². The van der Waals surface area contributed by atoms with Gasteiger partial charge in [-0.05, 0) is 39.3 Å². The second-order valence-corrected chi connectivity index (χ2v) is 7.43. The van der Waals surface area contributed by atoms with E-state index in [9.17, 15) is 0 Å². The highest BCUT2D eigenvalue weighted by molar-refractivity contribution is 5.86. The molecule has 3 aromatic carbocycles. The van der Waals surface area contributed by atoms with Crippen molar-refractivity contribution >= 4 is 0 Å². The van der Waals surface area contributed by atoms with E-state index >= 15 is 0 Å². The fourth-order valence-corrected chi connectivity index (χ4v) is 4.75. The molecule has 0 N–H and O–H groups in total. The minimum atomic E-state index is -0.273. The summed E-state index contributed by atoms with van der Waals surface area (Å²) < 4.78 is 0. The van der Waals surface area contributed by atoms with Crippen LogP contribution in [0.4, 0.5) is 0 Å². The molecule has 0 saturated heterocycles. The lowest BCUT2D eigenvalue weighted by Crippen LogP contribution is -2.29. The average molecular weight is 346 g/mol. The Morgan fingerprint density at radius 2 is 1.26 bits per heavy atom. The number of allylic oxidation sites excluding steroid dienone is 6. The normalized spacial score (nSPS) is 19.1.